The molecule has 2 aliphatic carbocycles. The van der Waals surface area contributed by atoms with Gasteiger partial charge in [-0.1, -0.05) is 48.8 Å². The van der Waals surface area contributed by atoms with Crippen molar-refractivity contribution in [2.75, 3.05) is 13.2 Å². The predicted molar refractivity (Wildman–Crippen MR) is 130 cm³/mol. The number of hydrogen-bond donors (Lipinski definition) is 1. The normalized spacial score (nSPS) is 29.0. The van der Waals surface area contributed by atoms with Crippen LogP contribution in [0.2, 0.25) is 10.0 Å². The first-order valence-corrected chi connectivity index (χ1v) is 12.5. The summed E-state index contributed by atoms with van der Waals surface area (Å²) in [5.41, 5.74) is -3.88. The number of ether oxygens (including phenoxy) is 4. The van der Waals surface area contributed by atoms with E-state index in [2.05, 4.69) is 11.9 Å². The van der Waals surface area contributed by atoms with E-state index in [-0.39, 0.29) is 26.2 Å². The molecular formula is C25H30Cl2FNO7. The molecule has 0 aromatic heterocycles. The summed E-state index contributed by atoms with van der Waals surface area (Å²) in [7, 11) is 0. The van der Waals surface area contributed by atoms with Crippen LogP contribution in [0.15, 0.2) is 30.9 Å². The Morgan fingerprint density at radius 1 is 1.22 bits per heavy atom. The molecule has 1 aromatic rings. The van der Waals surface area contributed by atoms with Crippen molar-refractivity contribution in [2.45, 2.75) is 63.6 Å². The van der Waals surface area contributed by atoms with Gasteiger partial charge in [0.25, 0.3) is 0 Å². The van der Waals surface area contributed by atoms with Gasteiger partial charge >= 0.3 is 18.0 Å². The molecule has 0 radical (unpaired) electrons. The van der Waals surface area contributed by atoms with E-state index in [0.29, 0.717) is 22.0 Å². The molecule has 1 amide bonds. The minimum Gasteiger partial charge on any atom is -0.464 e. The fourth-order valence-electron chi connectivity index (χ4n) is 4.71. The number of halogens is 3. The Bertz CT molecular complexity index is 1020. The van der Waals surface area contributed by atoms with Gasteiger partial charge in [-0.05, 0) is 44.4 Å². The van der Waals surface area contributed by atoms with E-state index in [9.17, 15) is 14.4 Å². The number of alkyl carbamates (subject to hydrolysis) is 1. The van der Waals surface area contributed by atoms with Gasteiger partial charge in [-0.15, -0.1) is 0 Å². The average Bonchev–Trinajstić information content (AvgIpc) is 3.30. The van der Waals surface area contributed by atoms with Crippen LogP contribution in [0.3, 0.4) is 0 Å². The zero-order valence-corrected chi connectivity index (χ0v) is 21.9. The van der Waals surface area contributed by atoms with Crippen molar-refractivity contribution in [1.82, 2.24) is 5.32 Å². The number of carbonyl (C=O) groups is 3. The summed E-state index contributed by atoms with van der Waals surface area (Å²) >= 11 is 12.1. The van der Waals surface area contributed by atoms with Gasteiger partial charge in [0.1, 0.15) is 6.61 Å². The summed E-state index contributed by atoms with van der Waals surface area (Å²) in [5, 5.41) is 3.17. The summed E-state index contributed by atoms with van der Waals surface area (Å²) < 4.78 is 37.6. The van der Waals surface area contributed by atoms with Crippen LogP contribution in [0.1, 0.15) is 39.2 Å². The number of rotatable bonds is 11. The third kappa shape index (κ3) is 5.19. The SMILES string of the molecule is C=CCOC(=O)N[C@@]1(C(=O)OC(C)CC)[C@H](OCc2ccc(Cl)c(Cl)c2)C[C@@H]2[C@H]1[C@@]2(F)C(=O)OCC. The van der Waals surface area contributed by atoms with E-state index >= 15 is 4.39 Å². The Hall–Kier alpha value is -2.36. The molecule has 3 rings (SSSR count). The highest BCUT2D eigenvalue weighted by Gasteiger charge is 2.87. The standard InChI is InChI=1S/C25H30Cl2FNO7/c1-5-10-34-23(32)29-25(22(31)36-14(4)6-2)19(35-13-15-8-9-17(26)18(27)11-15)12-16-20(25)24(16,28)21(30)33-7-3/h5,8-9,11,14,16,19-20H,1,6-7,10,12-13H2,2-4H3,(H,29,32)/t14?,16-,19-,20+,24-,25+/m1/s1. The molecule has 1 aromatic carbocycles. The van der Waals surface area contributed by atoms with Crippen molar-refractivity contribution in [2.24, 2.45) is 11.8 Å². The zero-order valence-electron chi connectivity index (χ0n) is 20.4. The van der Waals surface area contributed by atoms with E-state index in [1.165, 1.54) is 6.08 Å². The van der Waals surface area contributed by atoms with Crippen LogP contribution >= 0.6 is 23.2 Å². The quantitative estimate of drug-likeness (QED) is 0.242. The van der Waals surface area contributed by atoms with E-state index in [0.717, 1.165) is 0 Å². The van der Waals surface area contributed by atoms with Gasteiger partial charge in [-0.25, -0.2) is 18.8 Å². The highest BCUT2D eigenvalue weighted by Crippen LogP contribution is 2.68. The summed E-state index contributed by atoms with van der Waals surface area (Å²) in [6, 6.07) is 4.88. The Labute approximate surface area is 219 Å². The molecule has 2 saturated carbocycles. The Balaban J connectivity index is 1.98. The van der Waals surface area contributed by atoms with Crippen LogP contribution in [-0.4, -0.2) is 54.7 Å². The molecular weight excluding hydrogens is 516 g/mol. The van der Waals surface area contributed by atoms with Crippen LogP contribution in [0, 0.1) is 11.8 Å². The summed E-state index contributed by atoms with van der Waals surface area (Å²) in [4.78, 5) is 38.9. The van der Waals surface area contributed by atoms with Gasteiger partial charge in [0.05, 0.1) is 35.5 Å². The topological polar surface area (TPSA) is 100 Å². The van der Waals surface area contributed by atoms with Crippen LogP contribution < -0.4 is 5.32 Å². The Morgan fingerprint density at radius 2 is 1.94 bits per heavy atom. The maximum Gasteiger partial charge on any atom is 0.408 e. The second-order valence-electron chi connectivity index (χ2n) is 8.86. The highest BCUT2D eigenvalue weighted by molar-refractivity contribution is 6.42. The van der Waals surface area contributed by atoms with Gasteiger partial charge < -0.3 is 24.3 Å². The van der Waals surface area contributed by atoms with Crippen LogP contribution in [-0.2, 0) is 35.1 Å². The third-order valence-electron chi connectivity index (χ3n) is 6.64. The van der Waals surface area contributed by atoms with Crippen molar-refractivity contribution < 1.29 is 37.7 Å². The molecule has 0 heterocycles. The maximum atomic E-state index is 16.0. The number of benzene rings is 1. The lowest BCUT2D eigenvalue weighted by Crippen LogP contribution is -2.65. The van der Waals surface area contributed by atoms with Crippen LogP contribution in [0.5, 0.6) is 0 Å². The summed E-state index contributed by atoms with van der Waals surface area (Å²) in [5.74, 6) is -4.21. The first-order valence-electron chi connectivity index (χ1n) is 11.7. The number of nitrogens with one attached hydrogen (secondary N) is 1. The first-order chi connectivity index (χ1) is 17.1. The van der Waals surface area contributed by atoms with Gasteiger partial charge in [0.2, 0.25) is 5.67 Å². The molecule has 8 nitrogen and oxygen atoms in total. The molecule has 11 heteroatoms. The lowest BCUT2D eigenvalue weighted by molar-refractivity contribution is -0.169. The molecule has 2 fully saturated rings. The molecule has 0 bridgehead atoms. The van der Waals surface area contributed by atoms with Crippen molar-refractivity contribution in [3.05, 3.63) is 46.5 Å². The molecule has 0 spiro atoms. The molecule has 198 valence electrons. The largest absolute Gasteiger partial charge is 0.464 e. The van der Waals surface area contributed by atoms with E-state index in [1.807, 2.05) is 0 Å². The van der Waals surface area contributed by atoms with Crippen molar-refractivity contribution in [1.29, 1.82) is 0 Å². The van der Waals surface area contributed by atoms with Crippen molar-refractivity contribution >= 4 is 41.2 Å². The lowest BCUT2D eigenvalue weighted by Gasteiger charge is -2.38. The Kier molecular flexibility index (Phi) is 8.90. The first kappa shape index (κ1) is 28.2. The average molecular weight is 546 g/mol. The van der Waals surface area contributed by atoms with Crippen molar-refractivity contribution in [3.8, 4) is 0 Å². The second kappa shape index (κ2) is 11.4. The summed E-state index contributed by atoms with van der Waals surface area (Å²) in [6.07, 6.45) is -0.797. The smallest absolute Gasteiger partial charge is 0.408 e. The van der Waals surface area contributed by atoms with Gasteiger partial charge in [0, 0.05) is 11.8 Å². The minimum absolute atomic E-state index is 0.0264. The van der Waals surface area contributed by atoms with Gasteiger partial charge in [-0.2, -0.15) is 0 Å². The number of alkyl halides is 1. The molecule has 0 saturated heterocycles. The second-order valence-corrected chi connectivity index (χ2v) is 9.68. The maximum absolute atomic E-state index is 16.0. The number of esters is 2. The Morgan fingerprint density at radius 3 is 2.56 bits per heavy atom. The van der Waals surface area contributed by atoms with Gasteiger partial charge in [0.15, 0.2) is 5.54 Å². The third-order valence-corrected chi connectivity index (χ3v) is 7.38. The van der Waals surface area contributed by atoms with Crippen molar-refractivity contribution in [3.63, 3.8) is 0 Å². The fraction of sp³-hybridized carbons (Fsp3) is 0.560. The lowest BCUT2D eigenvalue weighted by atomic mass is 9.86. The zero-order chi connectivity index (χ0) is 26.7. The number of carbonyl (C=O) groups excluding carboxylic acids is 3. The van der Waals surface area contributed by atoms with Crippen LogP contribution in [0.4, 0.5) is 9.18 Å². The van der Waals surface area contributed by atoms with E-state index in [1.54, 1.807) is 39.0 Å². The monoisotopic (exact) mass is 545 g/mol. The number of amides is 1. The molecule has 36 heavy (non-hydrogen) atoms. The molecule has 2 aliphatic rings. The van der Waals surface area contributed by atoms with Crippen LogP contribution in [0.25, 0.3) is 0 Å². The van der Waals surface area contributed by atoms with E-state index in [4.69, 9.17) is 42.1 Å². The molecule has 0 aliphatic heterocycles. The van der Waals surface area contributed by atoms with Gasteiger partial charge in [-0.3, -0.25) is 0 Å². The minimum atomic E-state index is -2.49. The highest BCUT2D eigenvalue weighted by atomic mass is 35.5. The number of fused-ring (bicyclic) bond motifs is 1. The fourth-order valence-corrected chi connectivity index (χ4v) is 5.04. The van der Waals surface area contributed by atoms with E-state index < -0.39 is 53.3 Å². The number of hydrogen-bond acceptors (Lipinski definition) is 7. The molecule has 1 unspecified atom stereocenters. The molecule has 6 atom stereocenters. The predicted octanol–water partition coefficient (Wildman–Crippen LogP) is 4.79. The molecule has 1 N–H and O–H groups in total. The summed E-state index contributed by atoms with van der Waals surface area (Å²) in [6.45, 7) is 8.30.